The molecule has 4 aromatic rings. The van der Waals surface area contributed by atoms with Gasteiger partial charge in [-0.3, -0.25) is 10.4 Å². The van der Waals surface area contributed by atoms with Gasteiger partial charge in [-0.2, -0.15) is 5.10 Å². The Balaban J connectivity index is 1.63. The average Bonchev–Trinajstić information content (AvgIpc) is 3.08. The summed E-state index contributed by atoms with van der Waals surface area (Å²) in [4.78, 5) is 13.8. The summed E-state index contributed by atoms with van der Waals surface area (Å²) in [6, 6.07) is 13.6. The number of thiophene rings is 1. The monoisotopic (exact) mass is 365 g/mol. The van der Waals surface area contributed by atoms with Gasteiger partial charge < -0.3 is 0 Å². The van der Waals surface area contributed by atoms with E-state index < -0.39 is 0 Å². The van der Waals surface area contributed by atoms with Gasteiger partial charge in [0.15, 0.2) is 5.82 Å². The predicted molar refractivity (Wildman–Crippen MR) is 103 cm³/mol. The largest absolute Gasteiger partial charge is 0.264 e. The van der Waals surface area contributed by atoms with Crippen molar-refractivity contribution in [2.45, 2.75) is 0 Å². The first-order valence-electron chi connectivity index (χ1n) is 7.49. The Labute approximate surface area is 153 Å². The number of pyridine rings is 1. The van der Waals surface area contributed by atoms with Gasteiger partial charge in [-0.1, -0.05) is 29.8 Å². The summed E-state index contributed by atoms with van der Waals surface area (Å²) < 4.78 is 0.954. The van der Waals surface area contributed by atoms with Crippen molar-refractivity contribution in [1.82, 2.24) is 15.0 Å². The van der Waals surface area contributed by atoms with E-state index in [0.717, 1.165) is 31.2 Å². The molecular formula is C18H12ClN5S. The quantitative estimate of drug-likeness (QED) is 0.414. The second-order valence-corrected chi connectivity index (χ2v) is 6.70. The zero-order valence-corrected chi connectivity index (χ0v) is 14.5. The Kier molecular flexibility index (Phi) is 4.37. The standard InChI is InChI=1S/C18H12ClN5S/c19-14-5-3-13(4-6-14)16-8-15-17(25-16)18(22-11-21-15)24-23-10-12-2-1-7-20-9-12/h1-11H,(H,21,22,24)/b23-10+. The van der Waals surface area contributed by atoms with Crippen LogP contribution in [-0.2, 0) is 0 Å². The van der Waals surface area contributed by atoms with Crippen LogP contribution in [0, 0.1) is 0 Å². The maximum Gasteiger partial charge on any atom is 0.167 e. The highest BCUT2D eigenvalue weighted by Crippen LogP contribution is 2.35. The third-order valence-corrected chi connectivity index (χ3v) is 4.94. The topological polar surface area (TPSA) is 63.1 Å². The normalized spacial score (nSPS) is 11.2. The van der Waals surface area contributed by atoms with Gasteiger partial charge in [0, 0.05) is 27.9 Å². The molecule has 25 heavy (non-hydrogen) atoms. The summed E-state index contributed by atoms with van der Waals surface area (Å²) in [5.74, 6) is 0.676. The van der Waals surface area contributed by atoms with Gasteiger partial charge in [-0.25, -0.2) is 9.97 Å². The van der Waals surface area contributed by atoms with Crippen LogP contribution in [0.4, 0.5) is 5.82 Å². The van der Waals surface area contributed by atoms with Gasteiger partial charge in [0.2, 0.25) is 0 Å². The number of aromatic nitrogens is 3. The Bertz CT molecular complexity index is 1030. The van der Waals surface area contributed by atoms with Crippen LogP contribution < -0.4 is 5.43 Å². The van der Waals surface area contributed by atoms with Gasteiger partial charge in [-0.15, -0.1) is 11.3 Å². The van der Waals surface area contributed by atoms with Crippen molar-refractivity contribution in [3.63, 3.8) is 0 Å². The molecule has 122 valence electrons. The van der Waals surface area contributed by atoms with Crippen molar-refractivity contribution in [1.29, 1.82) is 0 Å². The summed E-state index contributed by atoms with van der Waals surface area (Å²) >= 11 is 7.57. The maximum atomic E-state index is 5.96. The Morgan fingerprint density at radius 3 is 2.80 bits per heavy atom. The minimum atomic E-state index is 0.676. The van der Waals surface area contributed by atoms with Crippen LogP contribution in [0.2, 0.25) is 5.02 Å². The molecule has 0 fully saturated rings. The zero-order chi connectivity index (χ0) is 17.1. The lowest BCUT2D eigenvalue weighted by Gasteiger charge is -1.99. The van der Waals surface area contributed by atoms with E-state index in [1.54, 1.807) is 29.9 Å². The van der Waals surface area contributed by atoms with Crippen molar-refractivity contribution in [2.24, 2.45) is 5.10 Å². The molecular weight excluding hydrogens is 354 g/mol. The third-order valence-electron chi connectivity index (χ3n) is 3.51. The van der Waals surface area contributed by atoms with Crippen molar-refractivity contribution >= 4 is 45.2 Å². The van der Waals surface area contributed by atoms with E-state index in [4.69, 9.17) is 11.6 Å². The highest BCUT2D eigenvalue weighted by atomic mass is 35.5. The number of nitrogens with zero attached hydrogens (tertiary/aromatic N) is 4. The minimum absolute atomic E-state index is 0.676. The van der Waals surface area contributed by atoms with Crippen LogP contribution in [0.25, 0.3) is 20.7 Å². The van der Waals surface area contributed by atoms with Gasteiger partial charge in [-0.05, 0) is 29.8 Å². The molecule has 1 aromatic carbocycles. The fourth-order valence-corrected chi connectivity index (χ4v) is 3.49. The Morgan fingerprint density at radius 1 is 1.12 bits per heavy atom. The van der Waals surface area contributed by atoms with Gasteiger partial charge in [0.05, 0.1) is 16.4 Å². The molecule has 4 rings (SSSR count). The number of rotatable bonds is 4. The first kappa shape index (κ1) is 15.7. The summed E-state index contributed by atoms with van der Waals surface area (Å²) in [6.45, 7) is 0. The lowest BCUT2D eigenvalue weighted by Crippen LogP contribution is -1.94. The molecule has 0 saturated carbocycles. The maximum absolute atomic E-state index is 5.96. The summed E-state index contributed by atoms with van der Waals surface area (Å²) in [7, 11) is 0. The van der Waals surface area contributed by atoms with Gasteiger partial charge >= 0.3 is 0 Å². The molecule has 0 saturated heterocycles. The number of hydrogen-bond donors (Lipinski definition) is 1. The number of fused-ring (bicyclic) bond motifs is 1. The summed E-state index contributed by atoms with van der Waals surface area (Å²) in [5.41, 5.74) is 5.87. The van der Waals surface area contributed by atoms with E-state index >= 15 is 0 Å². The van der Waals surface area contributed by atoms with E-state index in [1.165, 1.54) is 6.33 Å². The van der Waals surface area contributed by atoms with Crippen LogP contribution in [0.3, 0.4) is 0 Å². The molecule has 0 spiro atoms. The fraction of sp³-hybridized carbons (Fsp3) is 0. The Morgan fingerprint density at radius 2 is 2.00 bits per heavy atom. The van der Waals surface area contributed by atoms with Crippen LogP contribution in [0.1, 0.15) is 5.56 Å². The number of anilines is 1. The summed E-state index contributed by atoms with van der Waals surface area (Å²) in [6.07, 6.45) is 6.70. The molecule has 0 aliphatic heterocycles. The van der Waals surface area contributed by atoms with Crippen molar-refractivity contribution in [3.05, 3.63) is 71.8 Å². The number of nitrogens with one attached hydrogen (secondary N) is 1. The molecule has 0 aliphatic rings. The number of benzene rings is 1. The van der Waals surface area contributed by atoms with E-state index in [1.807, 2.05) is 42.5 Å². The molecule has 0 atom stereocenters. The Hall–Kier alpha value is -2.83. The molecule has 0 radical (unpaired) electrons. The highest BCUT2D eigenvalue weighted by Gasteiger charge is 2.10. The minimum Gasteiger partial charge on any atom is -0.264 e. The van der Waals surface area contributed by atoms with Crippen molar-refractivity contribution in [2.75, 3.05) is 5.43 Å². The van der Waals surface area contributed by atoms with E-state index in [9.17, 15) is 0 Å². The highest BCUT2D eigenvalue weighted by molar-refractivity contribution is 7.22. The van der Waals surface area contributed by atoms with E-state index in [-0.39, 0.29) is 0 Å². The molecule has 0 bridgehead atoms. The summed E-state index contributed by atoms with van der Waals surface area (Å²) in [5, 5.41) is 4.96. The van der Waals surface area contributed by atoms with Crippen molar-refractivity contribution < 1.29 is 0 Å². The van der Waals surface area contributed by atoms with E-state index in [2.05, 4.69) is 25.5 Å². The lowest BCUT2D eigenvalue weighted by molar-refractivity contribution is 1.19. The van der Waals surface area contributed by atoms with E-state index in [0.29, 0.717) is 5.82 Å². The number of halogens is 1. The van der Waals surface area contributed by atoms with Crippen LogP contribution in [0.15, 0.2) is 66.3 Å². The predicted octanol–water partition coefficient (Wildman–Crippen LogP) is 4.85. The molecule has 0 unspecified atom stereocenters. The van der Waals surface area contributed by atoms with Crippen LogP contribution in [-0.4, -0.2) is 21.2 Å². The second kappa shape index (κ2) is 6.96. The molecule has 0 aliphatic carbocycles. The van der Waals surface area contributed by atoms with Crippen molar-refractivity contribution in [3.8, 4) is 10.4 Å². The molecule has 0 amide bonds. The van der Waals surface area contributed by atoms with Crippen LogP contribution in [0.5, 0.6) is 0 Å². The molecule has 3 aromatic heterocycles. The third kappa shape index (κ3) is 3.50. The first-order valence-corrected chi connectivity index (χ1v) is 8.68. The van der Waals surface area contributed by atoms with Gasteiger partial charge in [0.25, 0.3) is 0 Å². The van der Waals surface area contributed by atoms with Gasteiger partial charge in [0.1, 0.15) is 6.33 Å². The number of hydrogen-bond acceptors (Lipinski definition) is 6. The number of hydrazone groups is 1. The SMILES string of the molecule is Clc1ccc(-c2cc3ncnc(N/N=C/c4cccnc4)c3s2)cc1. The zero-order valence-electron chi connectivity index (χ0n) is 12.9. The average molecular weight is 366 g/mol. The molecule has 7 heteroatoms. The first-order chi connectivity index (χ1) is 12.3. The molecule has 3 heterocycles. The molecule has 1 N–H and O–H groups in total. The van der Waals surface area contributed by atoms with Crippen LogP contribution >= 0.6 is 22.9 Å². The fourth-order valence-electron chi connectivity index (χ4n) is 2.31. The smallest absolute Gasteiger partial charge is 0.167 e. The second-order valence-electron chi connectivity index (χ2n) is 5.21. The lowest BCUT2D eigenvalue weighted by atomic mass is 10.2. The molecule has 5 nitrogen and oxygen atoms in total.